The SMILES string of the molecule is CC[C@H]1C(=O)NCCN1C(=O)c1cccc2ccc(C)nc12. The lowest BCUT2D eigenvalue weighted by molar-refractivity contribution is -0.127. The fourth-order valence-electron chi connectivity index (χ4n) is 2.94. The third kappa shape index (κ3) is 2.43. The third-order valence-corrected chi connectivity index (χ3v) is 4.07. The Morgan fingerprint density at radius 2 is 2.18 bits per heavy atom. The number of nitrogens with zero attached hydrogens (tertiary/aromatic N) is 2. The van der Waals surface area contributed by atoms with Gasteiger partial charge in [0.1, 0.15) is 6.04 Å². The Balaban J connectivity index is 2.05. The van der Waals surface area contributed by atoms with Crippen LogP contribution in [0.2, 0.25) is 0 Å². The number of amides is 2. The normalized spacial score (nSPS) is 18.4. The first-order chi connectivity index (χ1) is 10.6. The van der Waals surface area contributed by atoms with E-state index >= 15 is 0 Å². The van der Waals surface area contributed by atoms with Gasteiger partial charge in [-0.15, -0.1) is 0 Å². The minimum atomic E-state index is -0.402. The number of nitrogens with one attached hydrogen (secondary N) is 1. The van der Waals surface area contributed by atoms with Gasteiger partial charge in [0.25, 0.3) is 5.91 Å². The van der Waals surface area contributed by atoms with Crippen LogP contribution in [0.5, 0.6) is 0 Å². The molecule has 1 fully saturated rings. The molecule has 1 saturated heterocycles. The predicted octanol–water partition coefficient (Wildman–Crippen LogP) is 1.89. The highest BCUT2D eigenvalue weighted by atomic mass is 16.2. The summed E-state index contributed by atoms with van der Waals surface area (Å²) in [4.78, 5) is 31.1. The van der Waals surface area contributed by atoms with Crippen molar-refractivity contribution in [1.82, 2.24) is 15.2 Å². The van der Waals surface area contributed by atoms with Crippen LogP contribution in [-0.4, -0.2) is 40.8 Å². The molecule has 0 spiro atoms. The van der Waals surface area contributed by atoms with Crippen molar-refractivity contribution in [3.05, 3.63) is 41.6 Å². The number of rotatable bonds is 2. The zero-order valence-corrected chi connectivity index (χ0v) is 12.8. The van der Waals surface area contributed by atoms with Gasteiger partial charge in [0.15, 0.2) is 0 Å². The van der Waals surface area contributed by atoms with Crippen molar-refractivity contribution in [2.24, 2.45) is 0 Å². The zero-order valence-electron chi connectivity index (χ0n) is 12.8. The number of carbonyl (C=O) groups excluding carboxylic acids is 2. The van der Waals surface area contributed by atoms with Gasteiger partial charge in [0.2, 0.25) is 5.91 Å². The number of pyridine rings is 1. The topological polar surface area (TPSA) is 62.3 Å². The Morgan fingerprint density at radius 1 is 1.36 bits per heavy atom. The molecule has 0 aliphatic carbocycles. The van der Waals surface area contributed by atoms with Crippen LogP contribution in [0.25, 0.3) is 10.9 Å². The molecule has 1 N–H and O–H groups in total. The minimum absolute atomic E-state index is 0.0773. The maximum Gasteiger partial charge on any atom is 0.256 e. The van der Waals surface area contributed by atoms with Crippen molar-refractivity contribution < 1.29 is 9.59 Å². The van der Waals surface area contributed by atoms with Gasteiger partial charge < -0.3 is 10.2 Å². The van der Waals surface area contributed by atoms with Gasteiger partial charge in [-0.1, -0.05) is 25.1 Å². The van der Waals surface area contributed by atoms with E-state index in [-0.39, 0.29) is 11.8 Å². The lowest BCUT2D eigenvalue weighted by atomic mass is 10.0. The Morgan fingerprint density at radius 3 is 2.95 bits per heavy atom. The summed E-state index contributed by atoms with van der Waals surface area (Å²) < 4.78 is 0. The van der Waals surface area contributed by atoms with E-state index in [1.165, 1.54) is 0 Å². The van der Waals surface area contributed by atoms with Gasteiger partial charge >= 0.3 is 0 Å². The van der Waals surface area contributed by atoms with E-state index < -0.39 is 6.04 Å². The molecule has 2 heterocycles. The Kier molecular flexibility index (Phi) is 3.79. The van der Waals surface area contributed by atoms with Gasteiger partial charge in [0.05, 0.1) is 11.1 Å². The molecule has 1 atom stereocenters. The molecule has 3 rings (SSSR count). The first kappa shape index (κ1) is 14.5. The number of carbonyl (C=O) groups is 2. The Bertz CT molecular complexity index is 742. The van der Waals surface area contributed by atoms with E-state index in [1.54, 1.807) is 11.0 Å². The van der Waals surface area contributed by atoms with Gasteiger partial charge in [0, 0.05) is 24.2 Å². The van der Waals surface area contributed by atoms with Crippen LogP contribution in [0.1, 0.15) is 29.4 Å². The average molecular weight is 297 g/mol. The molecule has 1 aromatic heterocycles. The minimum Gasteiger partial charge on any atom is -0.353 e. The monoisotopic (exact) mass is 297 g/mol. The summed E-state index contributed by atoms with van der Waals surface area (Å²) in [5.41, 5.74) is 2.14. The van der Waals surface area contributed by atoms with E-state index in [0.29, 0.717) is 30.6 Å². The van der Waals surface area contributed by atoms with Crippen LogP contribution < -0.4 is 5.32 Å². The van der Waals surface area contributed by atoms with E-state index in [4.69, 9.17) is 0 Å². The molecule has 1 aliphatic rings. The maximum absolute atomic E-state index is 12.9. The largest absolute Gasteiger partial charge is 0.353 e. The molecule has 22 heavy (non-hydrogen) atoms. The second-order valence-electron chi connectivity index (χ2n) is 5.54. The number of benzene rings is 1. The molecule has 2 amide bonds. The van der Waals surface area contributed by atoms with Crippen LogP contribution in [0.4, 0.5) is 0 Å². The predicted molar refractivity (Wildman–Crippen MR) is 84.6 cm³/mol. The lowest BCUT2D eigenvalue weighted by Gasteiger charge is -2.34. The van der Waals surface area contributed by atoms with Crippen molar-refractivity contribution in [3.8, 4) is 0 Å². The summed E-state index contributed by atoms with van der Waals surface area (Å²) in [7, 11) is 0. The lowest BCUT2D eigenvalue weighted by Crippen LogP contribution is -2.56. The van der Waals surface area contributed by atoms with Crippen molar-refractivity contribution >= 4 is 22.7 Å². The van der Waals surface area contributed by atoms with Gasteiger partial charge in [-0.2, -0.15) is 0 Å². The highest BCUT2D eigenvalue weighted by Gasteiger charge is 2.32. The smallest absolute Gasteiger partial charge is 0.256 e. The summed E-state index contributed by atoms with van der Waals surface area (Å²) in [6.45, 7) is 4.86. The number of fused-ring (bicyclic) bond motifs is 1. The van der Waals surface area contributed by atoms with Crippen LogP contribution in [0.3, 0.4) is 0 Å². The van der Waals surface area contributed by atoms with Crippen LogP contribution >= 0.6 is 0 Å². The number of para-hydroxylation sites is 1. The highest BCUT2D eigenvalue weighted by Crippen LogP contribution is 2.21. The number of piperazine rings is 1. The molecule has 0 unspecified atom stereocenters. The molecule has 0 bridgehead atoms. The van der Waals surface area contributed by atoms with Crippen LogP contribution in [0, 0.1) is 6.92 Å². The van der Waals surface area contributed by atoms with E-state index in [2.05, 4.69) is 10.3 Å². The van der Waals surface area contributed by atoms with E-state index in [9.17, 15) is 9.59 Å². The zero-order chi connectivity index (χ0) is 15.7. The van der Waals surface area contributed by atoms with Crippen molar-refractivity contribution in [1.29, 1.82) is 0 Å². The van der Waals surface area contributed by atoms with Crippen molar-refractivity contribution in [2.45, 2.75) is 26.3 Å². The number of aryl methyl sites for hydroxylation is 1. The average Bonchev–Trinajstić information content (AvgIpc) is 2.53. The summed E-state index contributed by atoms with van der Waals surface area (Å²) in [6.07, 6.45) is 0.606. The summed E-state index contributed by atoms with van der Waals surface area (Å²) in [5, 5.41) is 3.75. The maximum atomic E-state index is 12.9. The fraction of sp³-hybridized carbons (Fsp3) is 0.353. The number of hydrogen-bond acceptors (Lipinski definition) is 3. The summed E-state index contributed by atoms with van der Waals surface area (Å²) >= 11 is 0. The second-order valence-corrected chi connectivity index (χ2v) is 5.54. The van der Waals surface area contributed by atoms with Crippen molar-refractivity contribution in [3.63, 3.8) is 0 Å². The molecule has 114 valence electrons. The van der Waals surface area contributed by atoms with E-state index in [1.807, 2.05) is 38.1 Å². The number of aromatic nitrogens is 1. The van der Waals surface area contributed by atoms with E-state index in [0.717, 1.165) is 11.1 Å². The molecular weight excluding hydrogens is 278 g/mol. The Labute approximate surface area is 129 Å². The molecule has 0 saturated carbocycles. The van der Waals surface area contributed by atoms with Gasteiger partial charge in [-0.25, -0.2) is 0 Å². The molecule has 0 radical (unpaired) electrons. The highest BCUT2D eigenvalue weighted by molar-refractivity contribution is 6.07. The first-order valence-electron chi connectivity index (χ1n) is 7.57. The molecule has 5 nitrogen and oxygen atoms in total. The van der Waals surface area contributed by atoms with Gasteiger partial charge in [-0.05, 0) is 25.5 Å². The standard InChI is InChI=1S/C17H19N3O2/c1-3-14-16(21)18-9-10-20(14)17(22)13-6-4-5-12-8-7-11(2)19-15(12)13/h4-8,14H,3,9-10H2,1-2H3,(H,18,21)/t14-/m0/s1. The van der Waals surface area contributed by atoms with Crippen LogP contribution in [-0.2, 0) is 4.79 Å². The summed E-state index contributed by atoms with van der Waals surface area (Å²) in [5.74, 6) is -0.197. The molecular formula is C17H19N3O2. The van der Waals surface area contributed by atoms with Gasteiger partial charge in [-0.3, -0.25) is 14.6 Å². The summed E-state index contributed by atoms with van der Waals surface area (Å²) in [6, 6.07) is 9.09. The van der Waals surface area contributed by atoms with Crippen LogP contribution in [0.15, 0.2) is 30.3 Å². The fourth-order valence-corrected chi connectivity index (χ4v) is 2.94. The van der Waals surface area contributed by atoms with Crippen molar-refractivity contribution in [2.75, 3.05) is 13.1 Å². The molecule has 2 aromatic rings. The quantitative estimate of drug-likeness (QED) is 0.921. The molecule has 1 aliphatic heterocycles. The molecule has 5 heteroatoms. The first-order valence-corrected chi connectivity index (χ1v) is 7.57. The third-order valence-electron chi connectivity index (χ3n) is 4.07. The second kappa shape index (κ2) is 5.75. The molecule has 1 aromatic carbocycles. The number of hydrogen-bond donors (Lipinski definition) is 1. The Hall–Kier alpha value is -2.43.